The first-order valence-electron chi connectivity index (χ1n) is 10.6. The summed E-state index contributed by atoms with van der Waals surface area (Å²) in [7, 11) is -0.414. The fourth-order valence-corrected chi connectivity index (χ4v) is 6.10. The average molecular weight is 477 g/mol. The second-order valence-corrected chi connectivity index (χ2v) is 11.5. The van der Waals surface area contributed by atoms with Gasteiger partial charge in [-0.05, 0) is 50.5 Å². The lowest BCUT2D eigenvalue weighted by molar-refractivity contribution is -0.137. The molecule has 1 heterocycles. The highest BCUT2D eigenvalue weighted by Crippen LogP contribution is 2.31. The zero-order valence-electron chi connectivity index (χ0n) is 18.8. The Kier molecular flexibility index (Phi) is 7.00. The maximum Gasteiger partial charge on any atom is 0.254 e. The Morgan fingerprint density at radius 2 is 1.62 bits per heavy atom. The highest BCUT2D eigenvalue weighted by atomic mass is 35.5. The molecule has 0 bridgehead atoms. The fraction of sp³-hybridized carbons (Fsp3) is 0.417. The Morgan fingerprint density at radius 1 is 1.03 bits per heavy atom. The Labute approximate surface area is 195 Å². The third-order valence-electron chi connectivity index (χ3n) is 6.10. The lowest BCUT2D eigenvalue weighted by Crippen LogP contribution is -2.48. The first-order chi connectivity index (χ1) is 15.0. The van der Waals surface area contributed by atoms with Crippen molar-refractivity contribution in [2.45, 2.75) is 42.2 Å². The van der Waals surface area contributed by atoms with Gasteiger partial charge in [0.15, 0.2) is 9.84 Å². The maximum atomic E-state index is 13.2. The third kappa shape index (κ3) is 4.69. The number of carbonyl (C=O) groups excluding carboxylic acids is 2. The molecule has 6 nitrogen and oxygen atoms in total. The van der Waals surface area contributed by atoms with Gasteiger partial charge in [0.1, 0.15) is 0 Å². The van der Waals surface area contributed by atoms with E-state index in [9.17, 15) is 18.0 Å². The van der Waals surface area contributed by atoms with Crippen molar-refractivity contribution in [3.8, 4) is 0 Å². The predicted molar refractivity (Wildman–Crippen MR) is 126 cm³/mol. The summed E-state index contributed by atoms with van der Waals surface area (Å²) in [5.41, 5.74) is 0.510. The predicted octanol–water partition coefficient (Wildman–Crippen LogP) is 3.78. The van der Waals surface area contributed by atoms with Crippen LogP contribution in [0.1, 0.15) is 42.6 Å². The quantitative estimate of drug-likeness (QED) is 0.658. The molecule has 0 unspecified atom stereocenters. The van der Waals surface area contributed by atoms with Gasteiger partial charge in [-0.3, -0.25) is 9.59 Å². The van der Waals surface area contributed by atoms with Crippen LogP contribution >= 0.6 is 11.6 Å². The molecule has 8 heteroatoms. The van der Waals surface area contributed by atoms with Gasteiger partial charge in [-0.25, -0.2) is 8.42 Å². The van der Waals surface area contributed by atoms with Gasteiger partial charge in [-0.2, -0.15) is 0 Å². The Balaban J connectivity index is 1.72. The SMILES string of the molecule is CN(C)C(=O)c1ccc(S(=O)(=O)C2CCN(C(=O)C(C)(C)c3ccccc3)CC2)cc1Cl. The molecular formula is C24H29ClN2O4S. The highest BCUT2D eigenvalue weighted by molar-refractivity contribution is 7.92. The van der Waals surface area contributed by atoms with E-state index in [-0.39, 0.29) is 27.3 Å². The molecule has 2 amide bonds. The molecule has 1 aliphatic heterocycles. The average Bonchev–Trinajstić information content (AvgIpc) is 2.78. The zero-order chi connectivity index (χ0) is 23.7. The minimum absolute atomic E-state index is 0.00542. The summed E-state index contributed by atoms with van der Waals surface area (Å²) in [5.74, 6) is -0.291. The van der Waals surface area contributed by atoms with Gasteiger partial charge < -0.3 is 9.80 Å². The van der Waals surface area contributed by atoms with Crippen LogP contribution in [0.2, 0.25) is 5.02 Å². The molecule has 3 rings (SSSR count). The fourth-order valence-electron chi connectivity index (χ4n) is 4.02. The van der Waals surface area contributed by atoms with Gasteiger partial charge in [0.25, 0.3) is 5.91 Å². The van der Waals surface area contributed by atoms with E-state index < -0.39 is 20.5 Å². The molecule has 1 aliphatic rings. The van der Waals surface area contributed by atoms with Crippen molar-refractivity contribution in [1.82, 2.24) is 9.80 Å². The lowest BCUT2D eigenvalue weighted by Gasteiger charge is -2.37. The molecule has 1 saturated heterocycles. The van der Waals surface area contributed by atoms with Crippen molar-refractivity contribution in [3.63, 3.8) is 0 Å². The summed E-state index contributed by atoms with van der Waals surface area (Å²) in [5, 5.41) is -0.486. The summed E-state index contributed by atoms with van der Waals surface area (Å²) in [4.78, 5) is 28.6. The molecule has 1 fully saturated rings. The molecule has 2 aromatic carbocycles. The number of nitrogens with zero attached hydrogens (tertiary/aromatic N) is 2. The van der Waals surface area contributed by atoms with Crippen LogP contribution in [-0.2, 0) is 20.0 Å². The van der Waals surface area contributed by atoms with Gasteiger partial charge in [0, 0.05) is 27.2 Å². The number of likely N-dealkylation sites (tertiary alicyclic amines) is 1. The van der Waals surface area contributed by atoms with Crippen LogP contribution in [0.4, 0.5) is 0 Å². The lowest BCUT2D eigenvalue weighted by atomic mass is 9.83. The molecule has 0 N–H and O–H groups in total. The number of sulfone groups is 1. The van der Waals surface area contributed by atoms with Crippen LogP contribution < -0.4 is 0 Å². The molecule has 172 valence electrons. The summed E-state index contributed by atoms with van der Waals surface area (Å²) >= 11 is 6.22. The van der Waals surface area contributed by atoms with E-state index in [1.165, 1.54) is 23.1 Å². The third-order valence-corrected chi connectivity index (χ3v) is 8.68. The molecule has 0 atom stereocenters. The minimum Gasteiger partial charge on any atom is -0.345 e. The van der Waals surface area contributed by atoms with Crippen LogP contribution in [-0.4, -0.2) is 62.5 Å². The minimum atomic E-state index is -3.63. The second-order valence-electron chi connectivity index (χ2n) is 8.87. The monoisotopic (exact) mass is 476 g/mol. The van der Waals surface area contributed by atoms with E-state index in [2.05, 4.69) is 0 Å². The largest absolute Gasteiger partial charge is 0.345 e. The smallest absolute Gasteiger partial charge is 0.254 e. The zero-order valence-corrected chi connectivity index (χ0v) is 20.4. The highest BCUT2D eigenvalue weighted by Gasteiger charge is 2.38. The Bertz CT molecular complexity index is 1110. The molecule has 0 radical (unpaired) electrons. The number of benzene rings is 2. The van der Waals surface area contributed by atoms with Gasteiger partial charge >= 0.3 is 0 Å². The van der Waals surface area contributed by atoms with Crippen molar-refractivity contribution < 1.29 is 18.0 Å². The van der Waals surface area contributed by atoms with Crippen molar-refractivity contribution in [2.75, 3.05) is 27.2 Å². The van der Waals surface area contributed by atoms with Gasteiger partial charge in [0.05, 0.1) is 26.1 Å². The van der Waals surface area contributed by atoms with Gasteiger partial charge in [0.2, 0.25) is 5.91 Å². The number of carbonyl (C=O) groups is 2. The second kappa shape index (κ2) is 9.24. The summed E-state index contributed by atoms with van der Waals surface area (Å²) in [6.07, 6.45) is 0.712. The van der Waals surface area contributed by atoms with Crippen LogP contribution in [0.3, 0.4) is 0 Å². The van der Waals surface area contributed by atoms with Crippen LogP contribution in [0, 0.1) is 0 Å². The standard InChI is InChI=1S/C24H29ClN2O4S/c1-24(2,17-8-6-5-7-9-17)23(29)27-14-12-18(13-15-27)32(30,31)19-10-11-20(21(25)16-19)22(28)26(3)4/h5-11,16,18H,12-15H2,1-4H3. The summed E-state index contributed by atoms with van der Waals surface area (Å²) < 4.78 is 26.4. The normalized spacial score (nSPS) is 15.5. The number of hydrogen-bond acceptors (Lipinski definition) is 4. The molecule has 32 heavy (non-hydrogen) atoms. The van der Waals surface area contributed by atoms with Crippen LogP contribution in [0.5, 0.6) is 0 Å². The topological polar surface area (TPSA) is 74.8 Å². The molecule has 0 aliphatic carbocycles. The van der Waals surface area contributed by atoms with Gasteiger partial charge in [-0.1, -0.05) is 41.9 Å². The number of amides is 2. The van der Waals surface area contributed by atoms with Crippen LogP contribution in [0.15, 0.2) is 53.4 Å². The summed E-state index contributed by atoms with van der Waals surface area (Å²) in [6, 6.07) is 13.8. The molecule has 0 saturated carbocycles. The molecular weight excluding hydrogens is 448 g/mol. The van der Waals surface area contributed by atoms with E-state index in [0.29, 0.717) is 25.9 Å². The molecule has 0 aromatic heterocycles. The molecule has 2 aromatic rings. The molecule has 0 spiro atoms. The van der Waals surface area contributed by atoms with Crippen molar-refractivity contribution >= 4 is 33.3 Å². The summed E-state index contributed by atoms with van der Waals surface area (Å²) in [6.45, 7) is 4.55. The van der Waals surface area contributed by atoms with Crippen molar-refractivity contribution in [2.24, 2.45) is 0 Å². The van der Waals surface area contributed by atoms with Crippen molar-refractivity contribution in [3.05, 3.63) is 64.7 Å². The van der Waals surface area contributed by atoms with Crippen molar-refractivity contribution in [1.29, 1.82) is 0 Å². The first kappa shape index (κ1) is 24.3. The Morgan fingerprint density at radius 3 is 2.16 bits per heavy atom. The van der Waals surface area contributed by atoms with Gasteiger partial charge in [-0.15, -0.1) is 0 Å². The number of rotatable bonds is 5. The number of hydrogen-bond donors (Lipinski definition) is 0. The van der Waals surface area contributed by atoms with E-state index in [0.717, 1.165) is 5.56 Å². The number of halogens is 1. The van der Waals surface area contributed by atoms with E-state index >= 15 is 0 Å². The van der Waals surface area contributed by atoms with Crippen LogP contribution in [0.25, 0.3) is 0 Å². The Hall–Kier alpha value is -2.38. The number of piperidine rings is 1. The van der Waals surface area contributed by atoms with E-state index in [4.69, 9.17) is 11.6 Å². The van der Waals surface area contributed by atoms with E-state index in [1.54, 1.807) is 19.0 Å². The van der Waals surface area contributed by atoms with E-state index in [1.807, 2.05) is 44.2 Å². The first-order valence-corrected chi connectivity index (χ1v) is 12.5. The maximum absolute atomic E-state index is 13.2.